The molecule has 0 aliphatic heterocycles. The maximum atomic E-state index is 5.47. The fourth-order valence-corrected chi connectivity index (χ4v) is 2.27. The largest absolute Gasteiger partial charge is 0.493 e. The molecule has 0 spiro atoms. The molecule has 1 N–H and O–H groups in total. The van der Waals surface area contributed by atoms with Crippen LogP contribution in [0, 0.1) is 6.92 Å². The molecule has 0 amide bonds. The van der Waals surface area contributed by atoms with Crippen molar-refractivity contribution in [2.24, 2.45) is 0 Å². The molecule has 1 aromatic rings. The van der Waals surface area contributed by atoms with Gasteiger partial charge < -0.3 is 19.5 Å². The molecule has 0 saturated heterocycles. The molecule has 4 nitrogen and oxygen atoms in total. The fraction of sp³-hybridized carbons (Fsp3) is 0.625. The summed E-state index contributed by atoms with van der Waals surface area (Å²) in [6.45, 7) is 8.38. The van der Waals surface area contributed by atoms with E-state index in [0.29, 0.717) is 6.04 Å². The van der Waals surface area contributed by atoms with E-state index in [4.69, 9.17) is 14.2 Å². The Bertz CT molecular complexity index is 444. The molecular formula is C16H27NO3. The van der Waals surface area contributed by atoms with Crippen LogP contribution in [0.2, 0.25) is 0 Å². The van der Waals surface area contributed by atoms with E-state index in [9.17, 15) is 0 Å². The van der Waals surface area contributed by atoms with Crippen LogP contribution in [0.15, 0.2) is 12.1 Å². The topological polar surface area (TPSA) is 39.7 Å². The van der Waals surface area contributed by atoms with E-state index in [-0.39, 0.29) is 5.60 Å². The summed E-state index contributed by atoms with van der Waals surface area (Å²) in [7, 11) is 5.04. The second-order valence-corrected chi connectivity index (χ2v) is 5.74. The molecule has 4 heteroatoms. The standard InChI is InChI=1S/C16H27NO3/c1-11-8-14(18-5)15(19-6)9-13(11)17-12(2)10-16(3,4)20-7/h8-9,12,17H,10H2,1-7H3. The van der Waals surface area contributed by atoms with Gasteiger partial charge in [0.2, 0.25) is 0 Å². The highest BCUT2D eigenvalue weighted by Crippen LogP contribution is 2.33. The maximum Gasteiger partial charge on any atom is 0.162 e. The third-order valence-corrected chi connectivity index (χ3v) is 3.48. The van der Waals surface area contributed by atoms with Crippen molar-refractivity contribution in [1.29, 1.82) is 0 Å². The van der Waals surface area contributed by atoms with Gasteiger partial charge in [0.25, 0.3) is 0 Å². The molecule has 1 rings (SSSR count). The van der Waals surface area contributed by atoms with Gasteiger partial charge in [-0.15, -0.1) is 0 Å². The Morgan fingerprint density at radius 3 is 2.15 bits per heavy atom. The molecule has 1 atom stereocenters. The molecule has 20 heavy (non-hydrogen) atoms. The van der Waals surface area contributed by atoms with E-state index in [1.807, 2.05) is 12.1 Å². The predicted octanol–water partition coefficient (Wildman–Crippen LogP) is 3.63. The second kappa shape index (κ2) is 6.84. The van der Waals surface area contributed by atoms with Crippen LogP contribution in [0.3, 0.4) is 0 Å². The molecule has 0 aliphatic carbocycles. The maximum absolute atomic E-state index is 5.47. The molecule has 114 valence electrons. The van der Waals surface area contributed by atoms with Crippen LogP contribution in [-0.4, -0.2) is 33.0 Å². The zero-order valence-corrected chi connectivity index (χ0v) is 13.7. The van der Waals surface area contributed by atoms with E-state index in [1.165, 1.54) is 0 Å². The lowest BCUT2D eigenvalue weighted by molar-refractivity contribution is 0.0128. The lowest BCUT2D eigenvalue weighted by atomic mass is 9.99. The van der Waals surface area contributed by atoms with Crippen molar-refractivity contribution in [3.8, 4) is 11.5 Å². The molecule has 1 unspecified atom stereocenters. The van der Waals surface area contributed by atoms with Gasteiger partial charge in [-0.25, -0.2) is 0 Å². The Kier molecular flexibility index (Phi) is 5.69. The minimum absolute atomic E-state index is 0.142. The molecule has 0 aromatic heterocycles. The summed E-state index contributed by atoms with van der Waals surface area (Å²) in [5.74, 6) is 1.49. The first kappa shape index (κ1) is 16.6. The molecular weight excluding hydrogens is 254 g/mol. The van der Waals surface area contributed by atoms with Gasteiger partial charge in [-0.1, -0.05) is 0 Å². The third-order valence-electron chi connectivity index (χ3n) is 3.48. The fourth-order valence-electron chi connectivity index (χ4n) is 2.27. The second-order valence-electron chi connectivity index (χ2n) is 5.74. The third kappa shape index (κ3) is 4.30. The van der Waals surface area contributed by atoms with Crippen LogP contribution in [0.4, 0.5) is 5.69 Å². The number of anilines is 1. The Morgan fingerprint density at radius 1 is 1.10 bits per heavy atom. The van der Waals surface area contributed by atoms with Crippen molar-refractivity contribution in [2.75, 3.05) is 26.6 Å². The lowest BCUT2D eigenvalue weighted by Gasteiger charge is -2.28. The Hall–Kier alpha value is -1.42. The number of benzene rings is 1. The quantitative estimate of drug-likeness (QED) is 0.828. The number of rotatable bonds is 7. The van der Waals surface area contributed by atoms with E-state index in [2.05, 4.69) is 33.0 Å². The average molecular weight is 281 g/mol. The van der Waals surface area contributed by atoms with Crippen LogP contribution in [-0.2, 0) is 4.74 Å². The molecule has 0 radical (unpaired) electrons. The SMILES string of the molecule is COc1cc(C)c(NC(C)CC(C)(C)OC)cc1OC. The highest BCUT2D eigenvalue weighted by atomic mass is 16.5. The van der Waals surface area contributed by atoms with Crippen LogP contribution < -0.4 is 14.8 Å². The van der Waals surface area contributed by atoms with Crippen molar-refractivity contribution < 1.29 is 14.2 Å². The Morgan fingerprint density at radius 2 is 1.65 bits per heavy atom. The van der Waals surface area contributed by atoms with Crippen molar-refractivity contribution >= 4 is 5.69 Å². The number of hydrogen-bond acceptors (Lipinski definition) is 4. The average Bonchev–Trinajstić information content (AvgIpc) is 2.39. The van der Waals surface area contributed by atoms with Gasteiger partial charge in [0.15, 0.2) is 11.5 Å². The van der Waals surface area contributed by atoms with Gasteiger partial charge in [-0.05, 0) is 45.7 Å². The van der Waals surface area contributed by atoms with E-state index in [1.54, 1.807) is 21.3 Å². The smallest absolute Gasteiger partial charge is 0.162 e. The number of aryl methyl sites for hydroxylation is 1. The number of ether oxygens (including phenoxy) is 3. The van der Waals surface area contributed by atoms with Crippen molar-refractivity contribution in [1.82, 2.24) is 0 Å². The van der Waals surface area contributed by atoms with Crippen molar-refractivity contribution in [3.63, 3.8) is 0 Å². The highest BCUT2D eigenvalue weighted by Gasteiger charge is 2.20. The molecule has 0 fully saturated rings. The number of hydrogen-bond donors (Lipinski definition) is 1. The summed E-state index contributed by atoms with van der Waals surface area (Å²) < 4.78 is 16.1. The summed E-state index contributed by atoms with van der Waals surface area (Å²) in [6, 6.07) is 4.25. The van der Waals surface area contributed by atoms with Gasteiger partial charge >= 0.3 is 0 Å². The summed E-state index contributed by atoms with van der Waals surface area (Å²) in [6.07, 6.45) is 0.914. The van der Waals surface area contributed by atoms with Crippen LogP contribution >= 0.6 is 0 Å². The van der Waals surface area contributed by atoms with Gasteiger partial charge in [0, 0.05) is 24.9 Å². The normalized spacial score (nSPS) is 12.9. The van der Waals surface area contributed by atoms with Crippen LogP contribution in [0.25, 0.3) is 0 Å². The number of nitrogens with one attached hydrogen (secondary N) is 1. The van der Waals surface area contributed by atoms with Gasteiger partial charge in [0.05, 0.1) is 19.8 Å². The van der Waals surface area contributed by atoms with Gasteiger partial charge in [0.1, 0.15) is 0 Å². The first-order chi connectivity index (χ1) is 9.32. The molecule has 0 aliphatic rings. The summed E-state index contributed by atoms with van der Waals surface area (Å²) in [4.78, 5) is 0. The first-order valence-electron chi connectivity index (χ1n) is 6.87. The monoisotopic (exact) mass is 281 g/mol. The zero-order chi connectivity index (χ0) is 15.3. The highest BCUT2D eigenvalue weighted by molar-refractivity contribution is 5.60. The van der Waals surface area contributed by atoms with Crippen molar-refractivity contribution in [3.05, 3.63) is 17.7 Å². The lowest BCUT2D eigenvalue weighted by Crippen LogP contribution is -2.31. The zero-order valence-electron chi connectivity index (χ0n) is 13.7. The van der Waals surface area contributed by atoms with Gasteiger partial charge in [-0.3, -0.25) is 0 Å². The first-order valence-corrected chi connectivity index (χ1v) is 6.87. The Balaban J connectivity index is 2.87. The predicted molar refractivity (Wildman–Crippen MR) is 83.1 cm³/mol. The van der Waals surface area contributed by atoms with Gasteiger partial charge in [-0.2, -0.15) is 0 Å². The van der Waals surface area contributed by atoms with E-state index in [0.717, 1.165) is 29.2 Å². The van der Waals surface area contributed by atoms with Crippen molar-refractivity contribution in [2.45, 2.75) is 45.8 Å². The minimum atomic E-state index is -0.142. The summed E-state index contributed by atoms with van der Waals surface area (Å²) in [5, 5.41) is 3.51. The number of methoxy groups -OCH3 is 3. The molecule has 1 aromatic carbocycles. The Labute approximate surface area is 122 Å². The molecule has 0 saturated carbocycles. The minimum Gasteiger partial charge on any atom is -0.493 e. The van der Waals surface area contributed by atoms with E-state index < -0.39 is 0 Å². The van der Waals surface area contributed by atoms with Crippen LogP contribution in [0.1, 0.15) is 32.8 Å². The molecule has 0 bridgehead atoms. The molecule has 0 heterocycles. The van der Waals surface area contributed by atoms with E-state index >= 15 is 0 Å². The summed E-state index contributed by atoms with van der Waals surface area (Å²) in [5.41, 5.74) is 2.04. The summed E-state index contributed by atoms with van der Waals surface area (Å²) >= 11 is 0. The van der Waals surface area contributed by atoms with Crippen LogP contribution in [0.5, 0.6) is 11.5 Å².